The van der Waals surface area contributed by atoms with Crippen LogP contribution in [0.25, 0.3) is 10.9 Å². The molecule has 0 aliphatic heterocycles. The molecule has 0 bridgehead atoms. The van der Waals surface area contributed by atoms with Gasteiger partial charge in [-0.05, 0) is 49.6 Å². The first-order chi connectivity index (χ1) is 14.9. The number of ether oxygens (including phenoxy) is 1. The van der Waals surface area contributed by atoms with Crippen LogP contribution in [0.4, 0.5) is 5.69 Å². The van der Waals surface area contributed by atoms with E-state index in [1.165, 1.54) is 0 Å². The number of aromatic amines is 1. The summed E-state index contributed by atoms with van der Waals surface area (Å²) in [6.07, 6.45) is 1.62. The number of hydrogen-bond donors (Lipinski definition) is 4. The van der Waals surface area contributed by atoms with Gasteiger partial charge in [-0.1, -0.05) is 18.6 Å². The molecular weight excluding hydrogens is 416 g/mol. The highest BCUT2D eigenvalue weighted by Crippen LogP contribution is 2.28. The van der Waals surface area contributed by atoms with Crippen LogP contribution in [0.5, 0.6) is 5.75 Å². The van der Waals surface area contributed by atoms with E-state index in [4.69, 9.17) is 4.74 Å². The number of aliphatic hydroxyl groups excluding tert-OH is 1. The number of benzene rings is 2. The van der Waals surface area contributed by atoms with Crippen LogP contribution in [0.15, 0.2) is 42.5 Å². The van der Waals surface area contributed by atoms with Crippen LogP contribution in [0, 0.1) is 6.92 Å². The Hall–Kier alpha value is -2.62. The molecule has 3 aromatic rings. The van der Waals surface area contributed by atoms with E-state index in [0.717, 1.165) is 28.8 Å². The van der Waals surface area contributed by atoms with Crippen molar-refractivity contribution >= 4 is 26.6 Å². The van der Waals surface area contributed by atoms with Crippen LogP contribution in [0.1, 0.15) is 36.6 Å². The lowest BCUT2D eigenvalue weighted by Crippen LogP contribution is -2.33. The largest absolute Gasteiger partial charge is 0.492 e. The Morgan fingerprint density at radius 1 is 1.26 bits per heavy atom. The van der Waals surface area contributed by atoms with Gasteiger partial charge in [-0.2, -0.15) is 5.10 Å². The molecule has 0 unspecified atom stereocenters. The zero-order chi connectivity index (χ0) is 21.8. The molecule has 166 valence electrons. The molecule has 0 saturated heterocycles. The SMILES string of the molecule is Cc1[nH]nc2cc(OCCNC[C@H](O)c3cccc(NS(=O)(=O)C4CCC4)c3)ccc12. The van der Waals surface area contributed by atoms with Crippen molar-refractivity contribution in [3.63, 3.8) is 0 Å². The second-order valence-corrected chi connectivity index (χ2v) is 9.88. The molecule has 2 aromatic carbocycles. The number of fused-ring (bicyclic) bond motifs is 1. The van der Waals surface area contributed by atoms with E-state index in [9.17, 15) is 13.5 Å². The maximum Gasteiger partial charge on any atom is 0.235 e. The summed E-state index contributed by atoms with van der Waals surface area (Å²) in [7, 11) is -3.35. The Kier molecular flexibility index (Phi) is 6.45. The van der Waals surface area contributed by atoms with Crippen molar-refractivity contribution in [1.29, 1.82) is 0 Å². The highest BCUT2D eigenvalue weighted by atomic mass is 32.2. The molecule has 1 aliphatic carbocycles. The maximum atomic E-state index is 12.3. The molecule has 31 heavy (non-hydrogen) atoms. The molecule has 0 radical (unpaired) electrons. The van der Waals surface area contributed by atoms with Gasteiger partial charge in [-0.25, -0.2) is 8.42 Å². The Morgan fingerprint density at radius 3 is 2.87 bits per heavy atom. The minimum absolute atomic E-state index is 0.305. The summed E-state index contributed by atoms with van der Waals surface area (Å²) >= 11 is 0. The van der Waals surface area contributed by atoms with Crippen LogP contribution < -0.4 is 14.8 Å². The molecule has 0 spiro atoms. The van der Waals surface area contributed by atoms with Crippen molar-refractivity contribution in [2.75, 3.05) is 24.4 Å². The second kappa shape index (κ2) is 9.25. The molecule has 9 heteroatoms. The van der Waals surface area contributed by atoms with Gasteiger partial charge in [0.15, 0.2) is 0 Å². The summed E-state index contributed by atoms with van der Waals surface area (Å²) in [5.41, 5.74) is 3.03. The molecule has 1 fully saturated rings. The van der Waals surface area contributed by atoms with Gasteiger partial charge < -0.3 is 15.2 Å². The number of H-pyrrole nitrogens is 1. The van der Waals surface area contributed by atoms with Crippen LogP contribution in [-0.2, 0) is 10.0 Å². The van der Waals surface area contributed by atoms with E-state index in [-0.39, 0.29) is 5.25 Å². The van der Waals surface area contributed by atoms with Gasteiger partial charge in [0.05, 0.1) is 16.9 Å². The Morgan fingerprint density at radius 2 is 2.10 bits per heavy atom. The predicted molar refractivity (Wildman–Crippen MR) is 121 cm³/mol. The predicted octanol–water partition coefficient (Wildman–Crippen LogP) is 2.87. The van der Waals surface area contributed by atoms with E-state index >= 15 is 0 Å². The first kappa shape index (κ1) is 21.6. The van der Waals surface area contributed by atoms with Crippen molar-refractivity contribution in [2.24, 2.45) is 0 Å². The fraction of sp³-hybridized carbons (Fsp3) is 0.409. The zero-order valence-corrected chi connectivity index (χ0v) is 18.3. The number of nitrogens with one attached hydrogen (secondary N) is 3. The van der Waals surface area contributed by atoms with Gasteiger partial charge in [0.1, 0.15) is 12.4 Å². The monoisotopic (exact) mass is 444 g/mol. The normalized spacial score (nSPS) is 15.5. The number of rotatable bonds is 10. The van der Waals surface area contributed by atoms with Gasteiger partial charge >= 0.3 is 0 Å². The molecule has 1 aliphatic rings. The molecule has 4 rings (SSSR count). The van der Waals surface area contributed by atoms with E-state index < -0.39 is 16.1 Å². The van der Waals surface area contributed by atoms with Crippen LogP contribution in [0.2, 0.25) is 0 Å². The van der Waals surface area contributed by atoms with Gasteiger partial charge in [0.2, 0.25) is 10.0 Å². The fourth-order valence-electron chi connectivity index (χ4n) is 3.55. The summed E-state index contributed by atoms with van der Waals surface area (Å²) in [5.74, 6) is 0.743. The maximum absolute atomic E-state index is 12.3. The fourth-order valence-corrected chi connectivity index (χ4v) is 5.13. The molecule has 1 atom stereocenters. The van der Waals surface area contributed by atoms with Crippen LogP contribution in [-0.4, -0.2) is 48.7 Å². The molecule has 1 saturated carbocycles. The Bertz CT molecular complexity index is 1140. The van der Waals surface area contributed by atoms with E-state index in [1.54, 1.807) is 24.3 Å². The first-order valence-corrected chi connectivity index (χ1v) is 12.0. The first-order valence-electron chi connectivity index (χ1n) is 10.5. The average Bonchev–Trinajstić information content (AvgIpc) is 3.06. The van der Waals surface area contributed by atoms with Crippen molar-refractivity contribution < 1.29 is 18.3 Å². The van der Waals surface area contributed by atoms with Crippen LogP contribution in [0.3, 0.4) is 0 Å². The second-order valence-electron chi connectivity index (χ2n) is 7.92. The van der Waals surface area contributed by atoms with Crippen LogP contribution >= 0.6 is 0 Å². The lowest BCUT2D eigenvalue weighted by molar-refractivity contribution is 0.172. The Balaban J connectivity index is 1.23. The van der Waals surface area contributed by atoms with E-state index in [2.05, 4.69) is 20.2 Å². The standard InChI is InChI=1S/C22H28N4O4S/c1-15-20-9-8-18(13-21(20)25-24-15)30-11-10-23-14-22(27)16-4-2-5-17(12-16)26-31(28,29)19-6-3-7-19/h2,4-5,8-9,12-13,19,22-23,26-27H,3,6-7,10-11,14H2,1H3,(H,24,25)/t22-/m0/s1. The minimum atomic E-state index is -3.35. The third kappa shape index (κ3) is 5.17. The summed E-state index contributed by atoms with van der Waals surface area (Å²) in [5, 5.41) is 21.6. The molecule has 0 amide bonds. The summed E-state index contributed by atoms with van der Waals surface area (Å²) < 4.78 is 33.0. The molecule has 1 heterocycles. The van der Waals surface area contributed by atoms with Crippen molar-refractivity contribution in [2.45, 2.75) is 37.5 Å². The number of sulfonamides is 1. The molecule has 8 nitrogen and oxygen atoms in total. The summed E-state index contributed by atoms with van der Waals surface area (Å²) in [6, 6.07) is 12.7. The van der Waals surface area contributed by atoms with Gasteiger partial charge in [-0.15, -0.1) is 0 Å². The highest BCUT2D eigenvalue weighted by molar-refractivity contribution is 7.93. The average molecular weight is 445 g/mol. The summed E-state index contributed by atoms with van der Waals surface area (Å²) in [4.78, 5) is 0. The number of hydrogen-bond acceptors (Lipinski definition) is 6. The Labute approximate surface area is 182 Å². The third-order valence-electron chi connectivity index (χ3n) is 5.63. The van der Waals surface area contributed by atoms with E-state index in [1.807, 2.05) is 25.1 Å². The van der Waals surface area contributed by atoms with Gasteiger partial charge in [0.25, 0.3) is 0 Å². The molecule has 4 N–H and O–H groups in total. The van der Waals surface area contributed by atoms with Crippen molar-refractivity contribution in [3.05, 3.63) is 53.7 Å². The van der Waals surface area contributed by atoms with E-state index in [0.29, 0.717) is 43.8 Å². The topological polar surface area (TPSA) is 116 Å². The lowest BCUT2D eigenvalue weighted by atomic mass is 10.0. The number of aromatic nitrogens is 2. The smallest absolute Gasteiger partial charge is 0.235 e. The van der Waals surface area contributed by atoms with Crippen molar-refractivity contribution in [1.82, 2.24) is 15.5 Å². The van der Waals surface area contributed by atoms with Crippen molar-refractivity contribution in [3.8, 4) is 5.75 Å². The number of aliphatic hydroxyl groups is 1. The number of anilines is 1. The zero-order valence-electron chi connectivity index (χ0n) is 17.5. The summed E-state index contributed by atoms with van der Waals surface area (Å²) in [6.45, 7) is 3.31. The molecule has 1 aromatic heterocycles. The van der Waals surface area contributed by atoms with Gasteiger partial charge in [0, 0.05) is 35.9 Å². The quantitative estimate of drug-likeness (QED) is 0.357. The van der Waals surface area contributed by atoms with Gasteiger partial charge in [-0.3, -0.25) is 9.82 Å². The third-order valence-corrected chi connectivity index (χ3v) is 7.49. The molecular formula is C22H28N4O4S. The number of aryl methyl sites for hydroxylation is 1. The number of nitrogens with zero attached hydrogens (tertiary/aromatic N) is 1. The highest BCUT2D eigenvalue weighted by Gasteiger charge is 2.31. The lowest BCUT2D eigenvalue weighted by Gasteiger charge is -2.25. The minimum Gasteiger partial charge on any atom is -0.492 e.